The Hall–Kier alpha value is -2.85. The Kier molecular flexibility index (Phi) is 2.05. The number of nitrogens with zero attached hydrogens (tertiary/aromatic N) is 3. The Morgan fingerprint density at radius 1 is 1.06 bits per heavy atom. The molecule has 3 aliphatic heterocycles. The lowest BCUT2D eigenvalue weighted by molar-refractivity contribution is 0.536. The molecule has 0 saturated carbocycles. The molecule has 18 heavy (non-hydrogen) atoms. The van der Waals surface area contributed by atoms with Gasteiger partial charge in [0, 0.05) is 11.4 Å². The van der Waals surface area contributed by atoms with Crippen molar-refractivity contribution in [3.63, 3.8) is 0 Å². The molecule has 3 nitrogen and oxygen atoms in total. The normalized spacial score (nSPS) is 20.1. The van der Waals surface area contributed by atoms with Crippen molar-refractivity contribution in [2.24, 2.45) is 0 Å². The summed E-state index contributed by atoms with van der Waals surface area (Å²) in [6.07, 6.45) is 9.38. The molecule has 0 atom stereocenters. The van der Waals surface area contributed by atoms with Crippen LogP contribution in [0.3, 0.4) is 0 Å². The largest absolute Gasteiger partial charge is 0.313 e. The van der Waals surface area contributed by atoms with E-state index in [-0.39, 0.29) is 5.83 Å². The van der Waals surface area contributed by atoms with Gasteiger partial charge in [-0.15, -0.1) is 0 Å². The summed E-state index contributed by atoms with van der Waals surface area (Å²) in [7, 11) is 0. The highest BCUT2D eigenvalue weighted by molar-refractivity contribution is 5.59. The van der Waals surface area contributed by atoms with E-state index < -0.39 is 0 Å². The highest BCUT2D eigenvalue weighted by Crippen LogP contribution is 2.37. The molecule has 0 unspecified atom stereocenters. The molecule has 0 N–H and O–H groups in total. The lowest BCUT2D eigenvalue weighted by Crippen LogP contribution is -2.26. The molecule has 4 heteroatoms. The third-order valence-electron chi connectivity index (χ3n) is 2.80. The SMILES string of the molecule is [C-]#[N+]C1=CC2=CC(F)=CC3=CC(C#N)=CC(=C1)N23. The highest BCUT2D eigenvalue weighted by Gasteiger charge is 2.26. The molecule has 0 aromatic rings. The quantitative estimate of drug-likeness (QED) is 0.604. The Balaban J connectivity index is 2.25. The molecule has 0 fully saturated rings. The van der Waals surface area contributed by atoms with Crippen LogP contribution in [0.1, 0.15) is 0 Å². The van der Waals surface area contributed by atoms with Crippen LogP contribution in [0, 0.1) is 17.9 Å². The number of hydrogen-bond donors (Lipinski definition) is 0. The number of nitriles is 1. The summed E-state index contributed by atoms with van der Waals surface area (Å²) >= 11 is 0. The fourth-order valence-electron chi connectivity index (χ4n) is 2.12. The van der Waals surface area contributed by atoms with Crippen molar-refractivity contribution in [1.29, 1.82) is 5.26 Å². The number of hydrogen-bond acceptors (Lipinski definition) is 2. The summed E-state index contributed by atoms with van der Waals surface area (Å²) in [6, 6.07) is 2.04. The maximum absolute atomic E-state index is 13.5. The van der Waals surface area contributed by atoms with E-state index in [4.69, 9.17) is 11.8 Å². The zero-order valence-corrected chi connectivity index (χ0v) is 9.18. The lowest BCUT2D eigenvalue weighted by Gasteiger charge is -2.35. The van der Waals surface area contributed by atoms with E-state index in [2.05, 4.69) is 4.85 Å². The fraction of sp³-hybridized carbons (Fsp3) is 0. The van der Waals surface area contributed by atoms with E-state index >= 15 is 0 Å². The van der Waals surface area contributed by atoms with Crippen LogP contribution in [-0.2, 0) is 0 Å². The number of halogens is 1. The molecule has 84 valence electrons. The van der Waals surface area contributed by atoms with Crippen molar-refractivity contribution in [3.05, 3.63) is 82.1 Å². The lowest BCUT2D eigenvalue weighted by atomic mass is 10.00. The van der Waals surface area contributed by atoms with Gasteiger partial charge in [-0.25, -0.2) is 9.24 Å². The van der Waals surface area contributed by atoms with E-state index in [1.807, 2.05) is 11.0 Å². The molecule has 0 spiro atoms. The molecule has 0 radical (unpaired) electrons. The summed E-state index contributed by atoms with van der Waals surface area (Å²) in [6.45, 7) is 7.04. The Morgan fingerprint density at radius 3 is 2.50 bits per heavy atom. The highest BCUT2D eigenvalue weighted by atomic mass is 19.1. The minimum absolute atomic E-state index is 0.381. The maximum atomic E-state index is 13.5. The summed E-state index contributed by atoms with van der Waals surface area (Å²) in [5.74, 6) is -0.381. The topological polar surface area (TPSA) is 31.4 Å². The minimum Gasteiger partial charge on any atom is -0.313 e. The van der Waals surface area contributed by atoms with Crippen molar-refractivity contribution in [3.8, 4) is 6.07 Å². The van der Waals surface area contributed by atoms with Gasteiger partial charge in [0.15, 0.2) is 5.70 Å². The fourth-order valence-corrected chi connectivity index (χ4v) is 2.12. The van der Waals surface area contributed by atoms with Gasteiger partial charge in [0.05, 0.1) is 23.9 Å². The Labute approximate surface area is 103 Å². The van der Waals surface area contributed by atoms with Gasteiger partial charge in [-0.1, -0.05) is 0 Å². The van der Waals surface area contributed by atoms with Gasteiger partial charge >= 0.3 is 0 Å². The van der Waals surface area contributed by atoms with Gasteiger partial charge in [-0.2, -0.15) is 5.26 Å². The van der Waals surface area contributed by atoms with Crippen LogP contribution in [0.2, 0.25) is 0 Å². The number of rotatable bonds is 0. The van der Waals surface area contributed by atoms with E-state index in [0.717, 1.165) is 0 Å². The monoisotopic (exact) mass is 235 g/mol. The molecule has 3 rings (SSSR count). The molecule has 0 aliphatic carbocycles. The second-order valence-corrected chi connectivity index (χ2v) is 3.96. The van der Waals surface area contributed by atoms with E-state index in [0.29, 0.717) is 28.4 Å². The summed E-state index contributed by atoms with van der Waals surface area (Å²) < 4.78 is 13.5. The van der Waals surface area contributed by atoms with E-state index in [1.165, 1.54) is 12.2 Å². The first-order valence-corrected chi connectivity index (χ1v) is 5.24. The Bertz CT molecular complexity index is 701. The zero-order valence-electron chi connectivity index (χ0n) is 9.18. The molecule has 0 amide bonds. The predicted octanol–water partition coefficient (Wildman–Crippen LogP) is 3.09. The molecule has 0 aromatic heterocycles. The molecule has 0 bridgehead atoms. The van der Waals surface area contributed by atoms with Crippen LogP contribution in [0.25, 0.3) is 4.85 Å². The van der Waals surface area contributed by atoms with Crippen molar-refractivity contribution >= 4 is 0 Å². The van der Waals surface area contributed by atoms with Crippen LogP contribution >= 0.6 is 0 Å². The van der Waals surface area contributed by atoms with Gasteiger partial charge in [-0.3, -0.25) is 0 Å². The smallest absolute Gasteiger partial charge is 0.191 e. The van der Waals surface area contributed by atoms with Gasteiger partial charge in [0.2, 0.25) is 0 Å². The first kappa shape index (κ1) is 10.3. The van der Waals surface area contributed by atoms with E-state index in [1.54, 1.807) is 24.3 Å². The van der Waals surface area contributed by atoms with Crippen molar-refractivity contribution in [1.82, 2.24) is 4.90 Å². The molecule has 0 saturated heterocycles. The van der Waals surface area contributed by atoms with Gasteiger partial charge < -0.3 is 4.90 Å². The summed E-state index contributed by atoms with van der Waals surface area (Å²) in [4.78, 5) is 5.17. The van der Waals surface area contributed by atoms with Gasteiger partial charge in [0.25, 0.3) is 0 Å². The van der Waals surface area contributed by atoms with Gasteiger partial charge in [0.1, 0.15) is 5.83 Å². The van der Waals surface area contributed by atoms with Crippen molar-refractivity contribution < 1.29 is 4.39 Å². The third-order valence-corrected chi connectivity index (χ3v) is 2.80. The number of allylic oxidation sites excluding steroid dienone is 8. The van der Waals surface area contributed by atoms with Gasteiger partial charge in [-0.05, 0) is 36.5 Å². The zero-order chi connectivity index (χ0) is 12.7. The van der Waals surface area contributed by atoms with Crippen LogP contribution in [0.5, 0.6) is 0 Å². The van der Waals surface area contributed by atoms with Crippen LogP contribution in [0.15, 0.2) is 70.6 Å². The molecular formula is C14H6FN3. The Morgan fingerprint density at radius 2 is 1.78 bits per heavy atom. The molecular weight excluding hydrogens is 229 g/mol. The second kappa shape index (κ2) is 3.58. The standard InChI is InChI=1S/C14H6FN3/c1-17-11-6-13-3-9(8-16)2-12-4-10(15)5-14(7-11)18(12)13/h2-7H. The second-order valence-electron chi connectivity index (χ2n) is 3.96. The molecule has 3 heterocycles. The summed E-state index contributed by atoms with van der Waals surface area (Å²) in [5, 5.41) is 8.95. The predicted molar refractivity (Wildman–Crippen MR) is 63.7 cm³/mol. The average molecular weight is 235 g/mol. The third kappa shape index (κ3) is 1.41. The first-order chi connectivity index (χ1) is 8.71. The van der Waals surface area contributed by atoms with Crippen molar-refractivity contribution in [2.45, 2.75) is 0 Å². The molecule has 3 aliphatic rings. The van der Waals surface area contributed by atoms with Crippen LogP contribution in [0.4, 0.5) is 4.39 Å². The maximum Gasteiger partial charge on any atom is 0.191 e. The van der Waals surface area contributed by atoms with Crippen LogP contribution < -0.4 is 0 Å². The van der Waals surface area contributed by atoms with Crippen molar-refractivity contribution in [2.75, 3.05) is 0 Å². The first-order valence-electron chi connectivity index (χ1n) is 5.24. The molecule has 0 aromatic carbocycles. The van der Waals surface area contributed by atoms with Crippen LogP contribution in [-0.4, -0.2) is 4.90 Å². The van der Waals surface area contributed by atoms with E-state index in [9.17, 15) is 4.39 Å². The average Bonchev–Trinajstić information content (AvgIpc) is 2.37. The minimum atomic E-state index is -0.381. The summed E-state index contributed by atoms with van der Waals surface area (Å²) in [5.41, 5.74) is 2.81.